The SMILES string of the molecule is CCn1cc(Cn2cc(NC(=O)C34CC5CC(C3)CC(n3cnc(Cl)n3)(C5)C4)cn2)cn1. The Hall–Kier alpha value is -2.68. The van der Waals surface area contributed by atoms with E-state index in [9.17, 15) is 4.79 Å². The normalized spacial score (nSPS) is 30.7. The van der Waals surface area contributed by atoms with Crippen LogP contribution in [0.5, 0.6) is 0 Å². The van der Waals surface area contributed by atoms with Crippen molar-refractivity contribution in [2.75, 3.05) is 5.32 Å². The summed E-state index contributed by atoms with van der Waals surface area (Å²) in [7, 11) is 0. The molecular formula is C22H27ClN8O. The van der Waals surface area contributed by atoms with Gasteiger partial charge in [0.25, 0.3) is 0 Å². The van der Waals surface area contributed by atoms with Gasteiger partial charge in [-0.3, -0.25) is 14.2 Å². The Balaban J connectivity index is 1.20. The number of carbonyl (C=O) groups is 1. The van der Waals surface area contributed by atoms with Crippen molar-refractivity contribution >= 4 is 23.2 Å². The molecule has 4 aliphatic rings. The second-order valence-corrected chi connectivity index (χ2v) is 10.3. The first-order chi connectivity index (χ1) is 15.5. The highest BCUT2D eigenvalue weighted by molar-refractivity contribution is 6.28. The van der Waals surface area contributed by atoms with Crippen molar-refractivity contribution < 1.29 is 4.79 Å². The zero-order chi connectivity index (χ0) is 21.9. The smallest absolute Gasteiger partial charge is 0.242 e. The lowest BCUT2D eigenvalue weighted by atomic mass is 9.46. The van der Waals surface area contributed by atoms with Crippen molar-refractivity contribution in [3.8, 4) is 0 Å². The number of anilines is 1. The second kappa shape index (κ2) is 7.16. The topological polar surface area (TPSA) is 95.5 Å². The van der Waals surface area contributed by atoms with Crippen molar-refractivity contribution in [1.29, 1.82) is 0 Å². The number of amides is 1. The number of aromatic nitrogens is 7. The molecule has 2 atom stereocenters. The van der Waals surface area contributed by atoms with E-state index in [1.54, 1.807) is 12.5 Å². The maximum atomic E-state index is 13.6. The van der Waals surface area contributed by atoms with E-state index in [1.807, 2.05) is 32.6 Å². The summed E-state index contributed by atoms with van der Waals surface area (Å²) < 4.78 is 5.68. The van der Waals surface area contributed by atoms with Crippen LogP contribution >= 0.6 is 11.6 Å². The molecule has 4 fully saturated rings. The second-order valence-electron chi connectivity index (χ2n) is 10.0. The molecule has 9 nitrogen and oxygen atoms in total. The van der Waals surface area contributed by atoms with Crippen LogP contribution in [0.1, 0.15) is 51.0 Å². The maximum Gasteiger partial charge on any atom is 0.242 e. The molecule has 0 spiro atoms. The van der Waals surface area contributed by atoms with Crippen molar-refractivity contribution in [2.24, 2.45) is 17.3 Å². The van der Waals surface area contributed by atoms with E-state index in [-0.39, 0.29) is 22.1 Å². The molecule has 0 aliphatic heterocycles. The summed E-state index contributed by atoms with van der Waals surface area (Å²) in [6.07, 6.45) is 15.3. The van der Waals surface area contributed by atoms with E-state index in [0.29, 0.717) is 18.4 Å². The number of rotatable bonds is 6. The van der Waals surface area contributed by atoms with Crippen molar-refractivity contribution in [2.45, 2.75) is 64.1 Å². The van der Waals surface area contributed by atoms with Crippen LogP contribution in [0.3, 0.4) is 0 Å². The van der Waals surface area contributed by atoms with E-state index in [1.165, 1.54) is 6.42 Å². The van der Waals surface area contributed by atoms with Gasteiger partial charge in [0.1, 0.15) is 6.33 Å². The number of aryl methyl sites for hydroxylation is 1. The van der Waals surface area contributed by atoms with E-state index in [2.05, 4.69) is 32.5 Å². The average Bonchev–Trinajstić information content (AvgIpc) is 3.49. The van der Waals surface area contributed by atoms with Crippen LogP contribution in [0.25, 0.3) is 0 Å². The summed E-state index contributed by atoms with van der Waals surface area (Å²) in [6.45, 7) is 3.53. The molecule has 0 radical (unpaired) electrons. The number of carbonyl (C=O) groups excluding carboxylic acids is 1. The average molecular weight is 455 g/mol. The van der Waals surface area contributed by atoms with Crippen LogP contribution in [-0.2, 0) is 23.4 Å². The zero-order valence-electron chi connectivity index (χ0n) is 18.1. The molecule has 32 heavy (non-hydrogen) atoms. The van der Waals surface area contributed by atoms with Crippen molar-refractivity contribution in [3.05, 3.63) is 42.0 Å². The fourth-order valence-corrected chi connectivity index (χ4v) is 6.97. The lowest BCUT2D eigenvalue weighted by Crippen LogP contribution is -2.60. The van der Waals surface area contributed by atoms with E-state index < -0.39 is 0 Å². The Labute approximate surface area is 191 Å². The molecule has 0 saturated heterocycles. The van der Waals surface area contributed by atoms with Gasteiger partial charge in [-0.1, -0.05) is 0 Å². The van der Waals surface area contributed by atoms with Gasteiger partial charge in [0.15, 0.2) is 0 Å². The van der Waals surface area contributed by atoms with Gasteiger partial charge in [-0.05, 0) is 68.9 Å². The fraction of sp³-hybridized carbons (Fsp3) is 0.591. The molecule has 4 saturated carbocycles. The van der Waals surface area contributed by atoms with Gasteiger partial charge in [0.2, 0.25) is 11.2 Å². The Kier molecular flexibility index (Phi) is 4.47. The Morgan fingerprint density at radius 3 is 2.62 bits per heavy atom. The molecule has 7 rings (SSSR count). The van der Waals surface area contributed by atoms with E-state index in [0.717, 1.165) is 49.9 Å². The van der Waals surface area contributed by atoms with E-state index in [4.69, 9.17) is 11.6 Å². The van der Waals surface area contributed by atoms with Crippen LogP contribution in [0.4, 0.5) is 5.69 Å². The molecule has 1 N–H and O–H groups in total. The molecule has 3 aromatic rings. The number of hydrogen-bond acceptors (Lipinski definition) is 5. The van der Waals surface area contributed by atoms with Crippen molar-refractivity contribution in [1.82, 2.24) is 34.3 Å². The monoisotopic (exact) mass is 454 g/mol. The zero-order valence-corrected chi connectivity index (χ0v) is 18.9. The van der Waals surface area contributed by atoms with Crippen LogP contribution in [0, 0.1) is 17.3 Å². The summed E-state index contributed by atoms with van der Waals surface area (Å²) >= 11 is 6.04. The van der Waals surface area contributed by atoms with E-state index >= 15 is 0 Å². The summed E-state index contributed by atoms with van der Waals surface area (Å²) in [5.41, 5.74) is 1.31. The molecule has 10 heteroatoms. The molecule has 1 amide bonds. The molecule has 2 unspecified atom stereocenters. The first-order valence-corrected chi connectivity index (χ1v) is 11.8. The third-order valence-corrected chi connectivity index (χ3v) is 7.88. The molecular weight excluding hydrogens is 428 g/mol. The maximum absolute atomic E-state index is 13.6. The quantitative estimate of drug-likeness (QED) is 0.616. The highest BCUT2D eigenvalue weighted by Gasteiger charge is 2.61. The molecule has 168 valence electrons. The molecule has 3 heterocycles. The standard InChI is InChI=1S/C22H27ClN8O/c1-2-29-10-17(8-25-29)11-30-12-18(9-26-30)27-19(32)21-4-15-3-16(5-21)7-22(6-15,13-21)31-14-24-20(23)28-31/h8-10,12,14-16H,2-7,11,13H2,1H3,(H,27,32). The fourth-order valence-electron chi connectivity index (χ4n) is 6.85. The number of halogens is 1. The predicted molar refractivity (Wildman–Crippen MR) is 118 cm³/mol. The highest BCUT2D eigenvalue weighted by atomic mass is 35.5. The van der Waals surface area contributed by atoms with Gasteiger partial charge >= 0.3 is 0 Å². The Morgan fingerprint density at radius 2 is 1.94 bits per heavy atom. The lowest BCUT2D eigenvalue weighted by Gasteiger charge is -2.60. The molecule has 4 aliphatic carbocycles. The van der Waals surface area contributed by atoms with Gasteiger partial charge < -0.3 is 5.32 Å². The first-order valence-electron chi connectivity index (χ1n) is 11.4. The summed E-state index contributed by atoms with van der Waals surface area (Å²) in [5, 5.41) is 16.6. The minimum absolute atomic E-state index is 0.112. The predicted octanol–water partition coefficient (Wildman–Crippen LogP) is 3.33. The Bertz CT molecular complexity index is 1150. The van der Waals surface area contributed by atoms with Crippen molar-refractivity contribution in [3.63, 3.8) is 0 Å². The lowest BCUT2D eigenvalue weighted by molar-refractivity contribution is -0.150. The molecule has 4 bridgehead atoms. The highest BCUT2D eigenvalue weighted by Crippen LogP contribution is 2.64. The van der Waals surface area contributed by atoms with Gasteiger partial charge in [-0.15, -0.1) is 5.10 Å². The third-order valence-electron chi connectivity index (χ3n) is 7.71. The largest absolute Gasteiger partial charge is 0.323 e. The first kappa shape index (κ1) is 20.0. The minimum Gasteiger partial charge on any atom is -0.323 e. The summed E-state index contributed by atoms with van der Waals surface area (Å²) in [6, 6.07) is 0. The Morgan fingerprint density at radius 1 is 1.16 bits per heavy atom. The minimum atomic E-state index is -0.368. The summed E-state index contributed by atoms with van der Waals surface area (Å²) in [5.74, 6) is 1.20. The van der Waals surface area contributed by atoms with Crippen LogP contribution < -0.4 is 5.32 Å². The third kappa shape index (κ3) is 3.25. The van der Waals surface area contributed by atoms with Gasteiger partial charge in [-0.2, -0.15) is 10.2 Å². The van der Waals surface area contributed by atoms with Gasteiger partial charge in [0.05, 0.1) is 35.6 Å². The number of nitrogens with zero attached hydrogens (tertiary/aromatic N) is 7. The van der Waals surface area contributed by atoms with Gasteiger partial charge in [-0.25, -0.2) is 9.67 Å². The molecule has 0 aromatic carbocycles. The number of nitrogens with one attached hydrogen (secondary N) is 1. The van der Waals surface area contributed by atoms with Crippen LogP contribution in [0.2, 0.25) is 5.28 Å². The summed E-state index contributed by atoms with van der Waals surface area (Å²) in [4.78, 5) is 17.8. The van der Waals surface area contributed by atoms with Crippen LogP contribution in [-0.4, -0.2) is 40.2 Å². The van der Waals surface area contributed by atoms with Crippen LogP contribution in [0.15, 0.2) is 31.1 Å². The molecule has 3 aromatic heterocycles. The van der Waals surface area contributed by atoms with Gasteiger partial charge in [0, 0.05) is 24.5 Å². The number of hydrogen-bond donors (Lipinski definition) is 1.